The van der Waals surface area contributed by atoms with Crippen molar-refractivity contribution < 1.29 is 19.1 Å². The first-order valence-electron chi connectivity index (χ1n) is 10.2. The molecule has 0 radical (unpaired) electrons. The Balaban J connectivity index is 1.57. The van der Waals surface area contributed by atoms with Gasteiger partial charge in [-0.15, -0.1) is 0 Å². The van der Waals surface area contributed by atoms with E-state index in [9.17, 15) is 9.59 Å². The maximum absolute atomic E-state index is 12.7. The number of benzene rings is 2. The number of alkyl carbamates (subject to hydrolysis) is 1. The van der Waals surface area contributed by atoms with Crippen LogP contribution in [0.3, 0.4) is 0 Å². The van der Waals surface area contributed by atoms with Gasteiger partial charge in [-0.2, -0.15) is 0 Å². The van der Waals surface area contributed by atoms with E-state index in [2.05, 4.69) is 5.32 Å². The molecule has 2 aromatic carbocycles. The zero-order chi connectivity index (χ0) is 21.3. The molecule has 0 saturated carbocycles. The van der Waals surface area contributed by atoms with E-state index in [-0.39, 0.29) is 31.2 Å². The van der Waals surface area contributed by atoms with Gasteiger partial charge in [-0.25, -0.2) is 9.59 Å². The summed E-state index contributed by atoms with van der Waals surface area (Å²) in [5.41, 5.74) is 1.84. The predicted octanol–water partition coefficient (Wildman–Crippen LogP) is 4.51. The molecule has 3 rings (SSSR count). The van der Waals surface area contributed by atoms with Crippen molar-refractivity contribution in [3.63, 3.8) is 0 Å². The second kappa shape index (κ2) is 10.5. The molecule has 6 heteroatoms. The molecule has 0 bridgehead atoms. The van der Waals surface area contributed by atoms with Crippen LogP contribution in [-0.4, -0.2) is 35.7 Å². The van der Waals surface area contributed by atoms with E-state index in [0.717, 1.165) is 11.1 Å². The maximum Gasteiger partial charge on any atom is 0.410 e. The van der Waals surface area contributed by atoms with Crippen LogP contribution in [-0.2, 0) is 22.7 Å². The molecule has 1 aliphatic rings. The summed E-state index contributed by atoms with van der Waals surface area (Å²) < 4.78 is 10.8. The molecule has 0 spiro atoms. The van der Waals surface area contributed by atoms with Gasteiger partial charge in [0, 0.05) is 6.54 Å². The predicted molar refractivity (Wildman–Crippen MR) is 115 cm³/mol. The van der Waals surface area contributed by atoms with Gasteiger partial charge < -0.3 is 14.8 Å². The number of ether oxygens (including phenoxy) is 2. The molecule has 0 saturated heterocycles. The largest absolute Gasteiger partial charge is 0.445 e. The van der Waals surface area contributed by atoms with E-state index in [1.54, 1.807) is 4.90 Å². The van der Waals surface area contributed by atoms with Gasteiger partial charge in [-0.3, -0.25) is 4.90 Å². The van der Waals surface area contributed by atoms with Gasteiger partial charge in [0.05, 0.1) is 12.1 Å². The number of rotatable bonds is 5. The van der Waals surface area contributed by atoms with Crippen LogP contribution >= 0.6 is 0 Å². The fourth-order valence-electron chi connectivity index (χ4n) is 3.25. The summed E-state index contributed by atoms with van der Waals surface area (Å²) in [7, 11) is 0. The van der Waals surface area contributed by atoms with Crippen molar-refractivity contribution in [2.24, 2.45) is 5.92 Å². The summed E-state index contributed by atoms with van der Waals surface area (Å²) in [6.45, 7) is 4.68. The highest BCUT2D eigenvalue weighted by atomic mass is 16.6. The first kappa shape index (κ1) is 21.4. The van der Waals surface area contributed by atoms with Crippen molar-refractivity contribution in [2.75, 3.05) is 6.54 Å². The summed E-state index contributed by atoms with van der Waals surface area (Å²) in [6.07, 6.45) is 3.06. The zero-order valence-corrected chi connectivity index (χ0v) is 17.4. The molecule has 0 aliphatic carbocycles. The molecule has 0 fully saturated rings. The number of amides is 2. The lowest BCUT2D eigenvalue weighted by atomic mass is 10.0. The van der Waals surface area contributed by atoms with Gasteiger partial charge in [0.2, 0.25) is 0 Å². The molecule has 3 atom stereocenters. The minimum absolute atomic E-state index is 0.0450. The smallest absolute Gasteiger partial charge is 0.410 e. The van der Waals surface area contributed by atoms with Crippen LogP contribution in [0.1, 0.15) is 25.0 Å². The van der Waals surface area contributed by atoms with Crippen molar-refractivity contribution in [3.05, 3.63) is 83.9 Å². The molecule has 1 heterocycles. The molecule has 158 valence electrons. The summed E-state index contributed by atoms with van der Waals surface area (Å²) in [4.78, 5) is 26.7. The Morgan fingerprint density at radius 1 is 0.900 bits per heavy atom. The van der Waals surface area contributed by atoms with Gasteiger partial charge in [0.15, 0.2) is 0 Å². The average molecular weight is 408 g/mol. The summed E-state index contributed by atoms with van der Waals surface area (Å²) >= 11 is 0. The van der Waals surface area contributed by atoms with Crippen LogP contribution in [0.25, 0.3) is 0 Å². The first-order chi connectivity index (χ1) is 14.5. The highest BCUT2D eigenvalue weighted by molar-refractivity contribution is 5.70. The Labute approximate surface area is 177 Å². The summed E-state index contributed by atoms with van der Waals surface area (Å²) in [5, 5.41) is 2.90. The Hall–Kier alpha value is -3.28. The molecule has 30 heavy (non-hydrogen) atoms. The van der Waals surface area contributed by atoms with E-state index in [1.165, 1.54) is 0 Å². The normalized spacial score (nSPS) is 20.9. The lowest BCUT2D eigenvalue weighted by molar-refractivity contribution is 0.0829. The molecular weight excluding hydrogens is 380 g/mol. The molecule has 2 aromatic rings. The third-order valence-corrected chi connectivity index (χ3v) is 5.17. The number of hydrogen-bond acceptors (Lipinski definition) is 4. The van der Waals surface area contributed by atoms with E-state index in [0.29, 0.717) is 6.54 Å². The van der Waals surface area contributed by atoms with Crippen LogP contribution < -0.4 is 5.32 Å². The molecule has 0 unspecified atom stereocenters. The number of hydrogen-bond donors (Lipinski definition) is 1. The van der Waals surface area contributed by atoms with Gasteiger partial charge in [-0.05, 0) is 24.0 Å². The second-order valence-corrected chi connectivity index (χ2v) is 7.49. The Morgan fingerprint density at radius 2 is 1.47 bits per heavy atom. The standard InChI is InChI=1S/C24H28N2O4/c1-18-13-14-19(2)26(24(28)30-17-21-11-7-4-8-12-21)15-22(18)25-23(27)29-16-20-9-5-3-6-10-20/h3-14,18-19,22H,15-17H2,1-2H3,(H,25,27)/t18-,19+,22-/m1/s1. The SMILES string of the molecule is C[C@@H]1C=C[C@H](C)N(C(=O)OCc2ccccc2)C[C@H]1NC(=O)OCc1ccccc1. The highest BCUT2D eigenvalue weighted by Gasteiger charge is 2.30. The van der Waals surface area contributed by atoms with Gasteiger partial charge in [-0.1, -0.05) is 79.7 Å². The second-order valence-electron chi connectivity index (χ2n) is 7.49. The summed E-state index contributed by atoms with van der Waals surface area (Å²) in [5.74, 6) is 0.0450. The van der Waals surface area contributed by atoms with Crippen molar-refractivity contribution in [1.29, 1.82) is 0 Å². The third kappa shape index (κ3) is 6.11. The Bertz CT molecular complexity index is 854. The van der Waals surface area contributed by atoms with Gasteiger partial charge in [0.25, 0.3) is 0 Å². The number of carbonyl (C=O) groups excluding carboxylic acids is 2. The number of carbonyl (C=O) groups is 2. The van der Waals surface area contributed by atoms with Gasteiger partial charge in [0.1, 0.15) is 13.2 Å². The van der Waals surface area contributed by atoms with E-state index < -0.39 is 12.2 Å². The van der Waals surface area contributed by atoms with Crippen LogP contribution in [0.2, 0.25) is 0 Å². The van der Waals surface area contributed by atoms with Crippen molar-refractivity contribution >= 4 is 12.2 Å². The van der Waals surface area contributed by atoms with Crippen LogP contribution in [0.15, 0.2) is 72.8 Å². The molecule has 2 amide bonds. The molecular formula is C24H28N2O4. The van der Waals surface area contributed by atoms with Crippen molar-refractivity contribution in [2.45, 2.75) is 39.1 Å². The lowest BCUT2D eigenvalue weighted by Crippen LogP contribution is -2.49. The topological polar surface area (TPSA) is 67.9 Å². The summed E-state index contributed by atoms with van der Waals surface area (Å²) in [6, 6.07) is 18.6. The minimum atomic E-state index is -0.503. The van der Waals surface area contributed by atoms with E-state index >= 15 is 0 Å². The number of nitrogens with zero attached hydrogens (tertiary/aromatic N) is 1. The Kier molecular flexibility index (Phi) is 7.49. The van der Waals surface area contributed by atoms with E-state index in [4.69, 9.17) is 9.47 Å². The molecule has 0 aromatic heterocycles. The fraction of sp³-hybridized carbons (Fsp3) is 0.333. The van der Waals surface area contributed by atoms with Crippen molar-refractivity contribution in [3.8, 4) is 0 Å². The quantitative estimate of drug-likeness (QED) is 0.739. The zero-order valence-electron chi connectivity index (χ0n) is 17.4. The Morgan fingerprint density at radius 3 is 2.07 bits per heavy atom. The van der Waals surface area contributed by atoms with Crippen molar-refractivity contribution in [1.82, 2.24) is 10.2 Å². The van der Waals surface area contributed by atoms with Crippen LogP contribution in [0, 0.1) is 5.92 Å². The molecule has 1 N–H and O–H groups in total. The monoisotopic (exact) mass is 408 g/mol. The van der Waals surface area contributed by atoms with Gasteiger partial charge >= 0.3 is 12.2 Å². The average Bonchev–Trinajstić information content (AvgIpc) is 2.91. The minimum Gasteiger partial charge on any atom is -0.445 e. The lowest BCUT2D eigenvalue weighted by Gasteiger charge is -2.30. The number of nitrogens with one attached hydrogen (secondary N) is 1. The molecule has 6 nitrogen and oxygen atoms in total. The fourth-order valence-corrected chi connectivity index (χ4v) is 3.25. The first-order valence-corrected chi connectivity index (χ1v) is 10.2. The maximum atomic E-state index is 12.7. The van der Waals surface area contributed by atoms with E-state index in [1.807, 2.05) is 86.7 Å². The molecule has 1 aliphatic heterocycles. The van der Waals surface area contributed by atoms with Crippen LogP contribution in [0.4, 0.5) is 9.59 Å². The third-order valence-electron chi connectivity index (χ3n) is 5.17. The van der Waals surface area contributed by atoms with Crippen LogP contribution in [0.5, 0.6) is 0 Å². The highest BCUT2D eigenvalue weighted by Crippen LogP contribution is 2.18.